The summed E-state index contributed by atoms with van der Waals surface area (Å²) in [7, 11) is -0.353. The molecule has 2 aromatic heterocycles. The average molecular weight is 516 g/mol. The maximum absolute atomic E-state index is 9.28. The highest BCUT2D eigenvalue weighted by Crippen LogP contribution is 2.36. The molecule has 7 aromatic rings. The summed E-state index contributed by atoms with van der Waals surface area (Å²) in [6, 6.07) is 48.0. The molecule has 0 radical (unpaired) electrons. The summed E-state index contributed by atoms with van der Waals surface area (Å²) >= 11 is 0. The Morgan fingerprint density at radius 2 is 1.15 bits per heavy atom. The molecule has 190 valence electrons. The Kier molecular flexibility index (Phi) is 6.12. The van der Waals surface area contributed by atoms with Crippen LogP contribution in [0.1, 0.15) is 0 Å². The minimum absolute atomic E-state index is 0.353. The van der Waals surface area contributed by atoms with Crippen LogP contribution in [-0.2, 0) is 0 Å². The summed E-state index contributed by atoms with van der Waals surface area (Å²) in [5.41, 5.74) is 9.52. The van der Waals surface area contributed by atoms with E-state index < -0.39 is 0 Å². The van der Waals surface area contributed by atoms with Crippen LogP contribution in [-0.4, -0.2) is 22.3 Å². The molecule has 1 N–H and O–H groups in total. The monoisotopic (exact) mass is 516 g/mol. The normalized spacial score (nSPS) is 11.1. The van der Waals surface area contributed by atoms with Crippen LogP contribution in [0.5, 0.6) is 5.75 Å². The third kappa shape index (κ3) is 4.33. The van der Waals surface area contributed by atoms with Gasteiger partial charge in [-0.2, -0.15) is 0 Å². The molecular formula is C35H25BN2O2. The maximum Gasteiger partial charge on any atom is 0.504 e. The average Bonchev–Trinajstić information content (AvgIpc) is 3.36. The zero-order valence-corrected chi connectivity index (χ0v) is 21.7. The Balaban J connectivity index is 1.42. The second-order valence-corrected chi connectivity index (χ2v) is 9.71. The molecule has 0 saturated carbocycles. The highest BCUT2D eigenvalue weighted by Gasteiger charge is 2.15. The van der Waals surface area contributed by atoms with Gasteiger partial charge in [0.15, 0.2) is 0 Å². The summed E-state index contributed by atoms with van der Waals surface area (Å²) in [6.45, 7) is 0. The van der Waals surface area contributed by atoms with Crippen LogP contribution in [0.15, 0.2) is 140 Å². The molecule has 0 bridgehead atoms. The lowest BCUT2D eigenvalue weighted by Crippen LogP contribution is -1.99. The zero-order valence-electron chi connectivity index (χ0n) is 21.7. The summed E-state index contributed by atoms with van der Waals surface area (Å²) in [6.07, 6.45) is 0. The molecular weight excluding hydrogens is 491 g/mol. The van der Waals surface area contributed by atoms with Crippen molar-refractivity contribution in [1.82, 2.24) is 9.55 Å². The van der Waals surface area contributed by atoms with Crippen molar-refractivity contribution in [2.24, 2.45) is 0 Å². The predicted molar refractivity (Wildman–Crippen MR) is 165 cm³/mol. The Morgan fingerprint density at radius 3 is 1.85 bits per heavy atom. The van der Waals surface area contributed by atoms with Crippen molar-refractivity contribution in [3.05, 3.63) is 140 Å². The third-order valence-corrected chi connectivity index (χ3v) is 7.28. The Hall–Kier alpha value is -5.13. The van der Waals surface area contributed by atoms with Gasteiger partial charge in [0.1, 0.15) is 5.75 Å². The van der Waals surface area contributed by atoms with E-state index in [0.717, 1.165) is 61.1 Å². The van der Waals surface area contributed by atoms with Gasteiger partial charge in [-0.05, 0) is 59.7 Å². The molecule has 0 saturated heterocycles. The van der Waals surface area contributed by atoms with E-state index in [1.807, 2.05) is 48.5 Å². The van der Waals surface area contributed by atoms with E-state index in [1.165, 1.54) is 0 Å². The van der Waals surface area contributed by atoms with Crippen LogP contribution >= 0.6 is 0 Å². The topological polar surface area (TPSA) is 47.3 Å². The van der Waals surface area contributed by atoms with Crippen molar-refractivity contribution in [2.75, 3.05) is 0 Å². The van der Waals surface area contributed by atoms with Crippen molar-refractivity contribution in [3.8, 4) is 45.1 Å². The minimum Gasteiger partial charge on any atom is -0.539 e. The molecule has 4 nitrogen and oxygen atoms in total. The zero-order chi connectivity index (χ0) is 26.9. The van der Waals surface area contributed by atoms with Crippen molar-refractivity contribution < 1.29 is 9.68 Å². The second kappa shape index (κ2) is 10.2. The molecule has 5 aromatic carbocycles. The van der Waals surface area contributed by atoms with Gasteiger partial charge in [-0.3, -0.25) is 0 Å². The van der Waals surface area contributed by atoms with Gasteiger partial charge >= 0.3 is 7.69 Å². The van der Waals surface area contributed by atoms with Crippen LogP contribution in [0.3, 0.4) is 0 Å². The van der Waals surface area contributed by atoms with E-state index in [9.17, 15) is 5.02 Å². The number of aromatic nitrogens is 2. The number of fused-ring (bicyclic) bond motifs is 3. The lowest BCUT2D eigenvalue weighted by molar-refractivity contribution is 0.454. The van der Waals surface area contributed by atoms with Crippen LogP contribution < -0.4 is 4.65 Å². The number of hydrogen-bond acceptors (Lipinski definition) is 3. The maximum atomic E-state index is 9.28. The van der Waals surface area contributed by atoms with E-state index in [0.29, 0.717) is 5.75 Å². The molecule has 0 spiro atoms. The molecule has 7 rings (SSSR count). The SMILES string of the molecule is OBOc1ccc2c(c1)c1ccccc1n2-c1cccc(-c2cc(-c3ccccc3)nc(-c3ccccc3)c2)c1. The predicted octanol–water partition coefficient (Wildman–Crippen LogP) is 7.82. The minimum atomic E-state index is -0.353. The molecule has 0 aliphatic carbocycles. The van der Waals surface area contributed by atoms with Crippen molar-refractivity contribution in [1.29, 1.82) is 0 Å². The first-order valence-electron chi connectivity index (χ1n) is 13.3. The van der Waals surface area contributed by atoms with Gasteiger partial charge < -0.3 is 14.2 Å². The Morgan fingerprint density at radius 1 is 0.525 bits per heavy atom. The first-order chi connectivity index (χ1) is 19.8. The highest BCUT2D eigenvalue weighted by molar-refractivity contribution is 6.17. The number of rotatable bonds is 6. The van der Waals surface area contributed by atoms with Crippen molar-refractivity contribution in [3.63, 3.8) is 0 Å². The molecule has 0 aliphatic heterocycles. The van der Waals surface area contributed by atoms with Crippen LogP contribution in [0.2, 0.25) is 0 Å². The number of nitrogens with zero attached hydrogens (tertiary/aromatic N) is 2. The molecule has 0 amide bonds. The molecule has 0 atom stereocenters. The lowest BCUT2D eigenvalue weighted by atomic mass is 9.99. The fourth-order valence-corrected chi connectivity index (χ4v) is 5.43. The Labute approximate surface area is 233 Å². The van der Waals surface area contributed by atoms with Crippen LogP contribution in [0, 0.1) is 0 Å². The van der Waals surface area contributed by atoms with E-state index in [4.69, 9.17) is 9.64 Å². The number of para-hydroxylation sites is 1. The van der Waals surface area contributed by atoms with Gasteiger partial charge in [-0.25, -0.2) is 4.98 Å². The van der Waals surface area contributed by atoms with Crippen molar-refractivity contribution >= 4 is 29.5 Å². The van der Waals surface area contributed by atoms with Gasteiger partial charge in [0, 0.05) is 27.6 Å². The molecule has 40 heavy (non-hydrogen) atoms. The second-order valence-electron chi connectivity index (χ2n) is 9.71. The fraction of sp³-hybridized carbons (Fsp3) is 0. The first kappa shape index (κ1) is 24.0. The van der Waals surface area contributed by atoms with Crippen molar-refractivity contribution in [2.45, 2.75) is 0 Å². The van der Waals surface area contributed by atoms with Gasteiger partial charge in [0.05, 0.1) is 22.4 Å². The Bertz CT molecular complexity index is 1910. The van der Waals surface area contributed by atoms with E-state index >= 15 is 0 Å². The van der Waals surface area contributed by atoms with Gasteiger partial charge in [-0.1, -0.05) is 91.0 Å². The largest absolute Gasteiger partial charge is 0.539 e. The quantitative estimate of drug-likeness (QED) is 0.229. The number of pyridine rings is 1. The summed E-state index contributed by atoms with van der Waals surface area (Å²) in [4.78, 5) is 5.04. The standard InChI is InChI=1S/C35H25BN2O2/c39-36-40-29-18-19-35-31(23-29)30-16-7-8-17-34(30)38(35)28-15-9-14-26(20-28)27-21-32(24-10-3-1-4-11-24)37-33(22-27)25-12-5-2-6-13-25/h1-23,36,39H. The number of hydrogen-bond donors (Lipinski definition) is 1. The van der Waals surface area contributed by atoms with E-state index in [1.54, 1.807) is 0 Å². The molecule has 0 fully saturated rings. The first-order valence-corrected chi connectivity index (χ1v) is 13.3. The molecule has 0 unspecified atom stereocenters. The number of benzene rings is 5. The van der Waals surface area contributed by atoms with Crippen LogP contribution in [0.25, 0.3) is 61.1 Å². The third-order valence-electron chi connectivity index (χ3n) is 7.28. The molecule has 5 heteroatoms. The summed E-state index contributed by atoms with van der Waals surface area (Å²) in [5, 5.41) is 11.5. The summed E-state index contributed by atoms with van der Waals surface area (Å²) < 4.78 is 7.68. The van der Waals surface area contributed by atoms with Gasteiger partial charge in [0.2, 0.25) is 0 Å². The summed E-state index contributed by atoms with van der Waals surface area (Å²) in [5.74, 6) is 0.644. The molecule has 2 heterocycles. The van der Waals surface area contributed by atoms with Crippen LogP contribution in [0.4, 0.5) is 0 Å². The van der Waals surface area contributed by atoms with Gasteiger partial charge in [0.25, 0.3) is 0 Å². The molecule has 0 aliphatic rings. The lowest BCUT2D eigenvalue weighted by Gasteiger charge is -2.13. The highest BCUT2D eigenvalue weighted by atomic mass is 16.5. The van der Waals surface area contributed by atoms with Gasteiger partial charge in [-0.15, -0.1) is 0 Å². The smallest absolute Gasteiger partial charge is 0.504 e. The fourth-order valence-electron chi connectivity index (χ4n) is 5.43. The van der Waals surface area contributed by atoms with E-state index in [2.05, 4.69) is 95.6 Å². The van der Waals surface area contributed by atoms with E-state index in [-0.39, 0.29) is 7.69 Å².